The molecule has 0 aliphatic rings. The van der Waals surface area contributed by atoms with Crippen LogP contribution >= 0.6 is 0 Å². The Morgan fingerprint density at radius 2 is 0.400 bits per heavy atom. The van der Waals surface area contributed by atoms with Crippen molar-refractivity contribution in [2.24, 2.45) is 0 Å². The zero-order valence-electron chi connectivity index (χ0n) is 64.6. The van der Waals surface area contributed by atoms with Gasteiger partial charge in [0.1, 0.15) is 0 Å². The van der Waals surface area contributed by atoms with Crippen molar-refractivity contribution in [3.8, 4) is 169 Å². The Morgan fingerprint density at radius 1 is 0.133 bits per heavy atom. The molecule has 0 fully saturated rings. The van der Waals surface area contributed by atoms with Gasteiger partial charge in [0, 0.05) is 110 Å². The molecule has 0 radical (unpaired) electrons. The van der Waals surface area contributed by atoms with E-state index in [0.717, 1.165) is 211 Å². The van der Waals surface area contributed by atoms with Gasteiger partial charge in [0.2, 0.25) is 0 Å². The molecule has 11 nitrogen and oxygen atoms in total. The normalized spacial score (nSPS) is 11.5. The van der Waals surface area contributed by atoms with Crippen molar-refractivity contribution >= 4 is 65.4 Å². The van der Waals surface area contributed by atoms with Crippen molar-refractivity contribution in [1.82, 2.24) is 54.8 Å². The summed E-state index contributed by atoms with van der Waals surface area (Å²) < 4.78 is 0. The highest BCUT2D eigenvalue weighted by Crippen LogP contribution is 2.47. The fraction of sp³-hybridized carbons (Fsp3) is 0. The number of benzene rings is 16. The Bertz CT molecular complexity index is 7650. The number of pyridine rings is 2. The molecule has 0 amide bonds. The molecule has 0 N–H and O–H groups in total. The van der Waals surface area contributed by atoms with Crippen molar-refractivity contribution < 1.29 is 0 Å². The van der Waals surface area contributed by atoms with E-state index >= 15 is 0 Å². The van der Waals surface area contributed by atoms with Gasteiger partial charge in [-0.25, -0.2) is 54.8 Å². The van der Waals surface area contributed by atoms with Crippen LogP contribution in [0, 0.1) is 0 Å². The number of para-hydroxylation sites is 2. The summed E-state index contributed by atoms with van der Waals surface area (Å²) in [6, 6.07) is 140. The van der Waals surface area contributed by atoms with Gasteiger partial charge in [-0.3, -0.25) is 0 Å². The van der Waals surface area contributed by atoms with Crippen molar-refractivity contribution in [3.63, 3.8) is 0 Å². The lowest BCUT2D eigenvalue weighted by molar-refractivity contribution is 1.07. The van der Waals surface area contributed by atoms with Crippen LogP contribution in [0.4, 0.5) is 0 Å². The number of aromatic nitrogens is 11. The lowest BCUT2D eigenvalue weighted by Gasteiger charge is -2.18. The minimum Gasteiger partial charge on any atom is -0.247 e. The summed E-state index contributed by atoms with van der Waals surface area (Å²) >= 11 is 0. The Kier molecular flexibility index (Phi) is 17.6. The maximum absolute atomic E-state index is 5.92. The molecule has 0 aliphatic carbocycles. The van der Waals surface area contributed by atoms with E-state index in [0.29, 0.717) is 23.3 Å². The zero-order chi connectivity index (χ0) is 79.4. The van der Waals surface area contributed by atoms with Gasteiger partial charge in [0.25, 0.3) is 0 Å². The first kappa shape index (κ1) is 70.3. The zero-order valence-corrected chi connectivity index (χ0v) is 64.6. The third-order valence-electron chi connectivity index (χ3n) is 22.5. The molecule has 0 aliphatic heterocycles. The van der Waals surface area contributed by atoms with Gasteiger partial charge in [-0.2, -0.15) is 0 Å². The molecule has 0 saturated heterocycles. The van der Waals surface area contributed by atoms with Crippen molar-refractivity contribution in [2.45, 2.75) is 0 Å². The second-order valence-corrected chi connectivity index (χ2v) is 29.9. The summed E-state index contributed by atoms with van der Waals surface area (Å²) in [5.74, 6) is 2.39. The van der Waals surface area contributed by atoms with E-state index in [1.807, 2.05) is 103 Å². The van der Waals surface area contributed by atoms with Crippen LogP contribution < -0.4 is 0 Å². The number of nitrogens with zero attached hydrogens (tertiary/aromatic N) is 11. The lowest BCUT2D eigenvalue weighted by Crippen LogP contribution is -2.00. The number of rotatable bonds is 15. The number of hydrogen-bond acceptors (Lipinski definition) is 11. The van der Waals surface area contributed by atoms with E-state index in [1.165, 1.54) is 0 Å². The highest BCUT2D eigenvalue weighted by Gasteiger charge is 2.27. The molecule has 120 heavy (non-hydrogen) atoms. The van der Waals surface area contributed by atoms with Gasteiger partial charge in [-0.15, -0.1) is 0 Å². The van der Waals surface area contributed by atoms with Crippen LogP contribution in [0.1, 0.15) is 0 Å². The van der Waals surface area contributed by atoms with E-state index in [2.05, 4.69) is 303 Å². The molecular weight excluding hydrogens is 1460 g/mol. The molecule has 6 aromatic heterocycles. The van der Waals surface area contributed by atoms with Gasteiger partial charge < -0.3 is 0 Å². The third-order valence-corrected chi connectivity index (χ3v) is 22.5. The van der Waals surface area contributed by atoms with Crippen LogP contribution in [0.2, 0.25) is 0 Å². The van der Waals surface area contributed by atoms with Gasteiger partial charge in [0.05, 0.1) is 78.7 Å². The molecule has 22 aromatic rings. The van der Waals surface area contributed by atoms with Gasteiger partial charge in [-0.05, 0) is 64.7 Å². The summed E-state index contributed by atoms with van der Waals surface area (Å²) in [6.07, 6.45) is 0. The van der Waals surface area contributed by atoms with Crippen LogP contribution in [0.15, 0.2) is 406 Å². The minimum atomic E-state index is 0.572. The maximum atomic E-state index is 5.92. The molecule has 22 rings (SSSR count). The summed E-state index contributed by atoms with van der Waals surface area (Å²) in [4.78, 5) is 60.1. The van der Waals surface area contributed by atoms with Crippen LogP contribution in [0.25, 0.3) is 234 Å². The highest BCUT2D eigenvalue weighted by atomic mass is 15.0. The molecule has 0 bridgehead atoms. The first-order valence-electron chi connectivity index (χ1n) is 40.1. The summed E-state index contributed by atoms with van der Waals surface area (Å²) in [5.41, 5.74) is 28.3. The Hall–Kier alpha value is -16.4. The second kappa shape index (κ2) is 30.1. The van der Waals surface area contributed by atoms with Gasteiger partial charge in [-0.1, -0.05) is 364 Å². The number of fused-ring (bicyclic) bond motifs is 10. The summed E-state index contributed by atoms with van der Waals surface area (Å²) in [5, 5.41) is 5.84. The first-order valence-corrected chi connectivity index (χ1v) is 40.1. The molecule has 0 unspecified atom stereocenters. The van der Waals surface area contributed by atoms with Crippen LogP contribution in [0.5, 0.6) is 0 Å². The Morgan fingerprint density at radius 3 is 0.800 bits per heavy atom. The molecule has 0 spiro atoms. The van der Waals surface area contributed by atoms with Gasteiger partial charge in [0.15, 0.2) is 23.3 Å². The molecule has 0 atom stereocenters. The molecule has 11 heteroatoms. The highest BCUT2D eigenvalue weighted by molar-refractivity contribution is 6.25. The van der Waals surface area contributed by atoms with Crippen molar-refractivity contribution in [3.05, 3.63) is 406 Å². The van der Waals surface area contributed by atoms with Crippen LogP contribution in [-0.2, 0) is 0 Å². The van der Waals surface area contributed by atoms with E-state index in [1.54, 1.807) is 0 Å². The Balaban J connectivity index is 0.654. The van der Waals surface area contributed by atoms with E-state index in [9.17, 15) is 0 Å². The molecule has 6 heterocycles. The van der Waals surface area contributed by atoms with E-state index < -0.39 is 0 Å². The van der Waals surface area contributed by atoms with E-state index in [4.69, 9.17) is 54.8 Å². The molecular formula is C109H67N11. The monoisotopic (exact) mass is 1530 g/mol. The fourth-order valence-electron chi connectivity index (χ4n) is 16.7. The molecule has 16 aromatic carbocycles. The van der Waals surface area contributed by atoms with Gasteiger partial charge >= 0.3 is 0 Å². The number of hydrogen-bond donors (Lipinski definition) is 0. The largest absolute Gasteiger partial charge is 0.247 e. The Labute approximate surface area is 691 Å². The van der Waals surface area contributed by atoms with Crippen molar-refractivity contribution in [1.29, 1.82) is 0 Å². The quantitative estimate of drug-likeness (QED) is 0.0906. The third kappa shape index (κ3) is 13.0. The second-order valence-electron chi connectivity index (χ2n) is 29.9. The predicted octanol–water partition coefficient (Wildman–Crippen LogP) is 27.0. The standard InChI is InChI=1S/C109H67N11/c1-9-31-68(32-10-1)86-65-88-94(104-102(86)114-98(71-35-13-3-14-36-71)99(116-104)72-37-15-4-16-38-72)84-51-25-27-53-90(84)110-96(88)74-57-55-70(56-58-74)92-67-93(113-106(112-92)76-41-19-6-20-42-76)82-49-29-47-80(63-82)81-48-30-50-83(64-81)101-100(73-39-17-5-18-40-73)117-105-95-85-52-26-28-54-91(85)111-97(89(95)66-87(103(105)115-101)69-33-11-2-12-34-69)75-59-61-79(62-60-75)109-119-107(77-43-21-7-22-44-77)118-108(120-109)78-45-23-8-24-46-78/h1-67H. The average molecular weight is 1530 g/mol. The molecule has 0 saturated carbocycles. The maximum Gasteiger partial charge on any atom is 0.164 e. The SMILES string of the molecule is c1ccc(-c2nc(-c3ccc(-c4nc5ccccc5c5c4cc(-c4ccccc4)c4nc(-c6ccccc6)c(-c6ccccc6)nc45)cc3)cc(-c3cccc(-c4cccc(-c5nc6c(-c7ccccc7)cc7c(-c8ccc(-c9nc(-c%10ccccc%10)nc(-c%10ccccc%10)n9)cc8)nc8ccccc8c7c6nc5-c5ccccc5)c4)c3)n2)cc1. The van der Waals surface area contributed by atoms with Crippen molar-refractivity contribution in [2.75, 3.05) is 0 Å². The minimum absolute atomic E-state index is 0.572. The lowest BCUT2D eigenvalue weighted by atomic mass is 9.92. The fourth-order valence-corrected chi connectivity index (χ4v) is 16.7. The van der Waals surface area contributed by atoms with E-state index in [-0.39, 0.29) is 0 Å². The summed E-state index contributed by atoms with van der Waals surface area (Å²) in [7, 11) is 0. The van der Waals surface area contributed by atoms with Crippen LogP contribution in [0.3, 0.4) is 0 Å². The smallest absolute Gasteiger partial charge is 0.164 e. The summed E-state index contributed by atoms with van der Waals surface area (Å²) in [6.45, 7) is 0. The topological polar surface area (TPSA) is 142 Å². The average Bonchev–Trinajstić information content (AvgIpc) is 0.721. The first-order chi connectivity index (χ1) is 59.5. The van der Waals surface area contributed by atoms with Crippen LogP contribution in [-0.4, -0.2) is 54.8 Å². The molecule has 558 valence electrons. The predicted molar refractivity (Wildman–Crippen MR) is 489 cm³/mol.